The van der Waals surface area contributed by atoms with Crippen molar-refractivity contribution in [3.8, 4) is 17.2 Å². The highest BCUT2D eigenvalue weighted by Gasteiger charge is 2.36. The number of rotatable bonds is 3. The number of ether oxygens (including phenoxy) is 4. The first-order chi connectivity index (χ1) is 17.4. The molecule has 2 aromatic carbocycles. The molecule has 0 aromatic heterocycles. The standard InChI is InChI=1S/C29H32O7/c1-18-8-7-11-21(30)10-6-4-5-9-20-16-24-27(28(34-3)26(20)29(32)35-18)23(17-25(31)36-24)19-12-14-22(33-2)15-13-19/h5,9,12-16,18,23H,4,6-8,10-11,17H2,1-3H3/b9-5+/t18-,23?/m0/s1. The summed E-state index contributed by atoms with van der Waals surface area (Å²) in [6.07, 6.45) is 7.20. The number of methoxy groups -OCH3 is 2. The van der Waals surface area contributed by atoms with Gasteiger partial charge in [-0.25, -0.2) is 4.79 Å². The third-order valence-corrected chi connectivity index (χ3v) is 6.68. The van der Waals surface area contributed by atoms with Crippen molar-refractivity contribution in [1.29, 1.82) is 0 Å². The fourth-order valence-corrected chi connectivity index (χ4v) is 4.83. The summed E-state index contributed by atoms with van der Waals surface area (Å²) in [5.41, 5.74) is 2.39. The molecule has 1 unspecified atom stereocenters. The van der Waals surface area contributed by atoms with Crippen LogP contribution >= 0.6 is 0 Å². The Morgan fingerprint density at radius 1 is 0.972 bits per heavy atom. The number of cyclic esters (lactones) is 1. The Kier molecular flexibility index (Phi) is 8.08. The zero-order valence-corrected chi connectivity index (χ0v) is 21.0. The Labute approximate surface area is 211 Å². The van der Waals surface area contributed by atoms with Gasteiger partial charge in [0.15, 0.2) is 0 Å². The summed E-state index contributed by atoms with van der Waals surface area (Å²) in [5, 5.41) is 0. The Morgan fingerprint density at radius 2 is 1.72 bits per heavy atom. The minimum atomic E-state index is -0.504. The zero-order chi connectivity index (χ0) is 25.7. The molecule has 7 nitrogen and oxygen atoms in total. The summed E-state index contributed by atoms with van der Waals surface area (Å²) in [5.74, 6) is 0.426. The summed E-state index contributed by atoms with van der Waals surface area (Å²) < 4.78 is 22.5. The van der Waals surface area contributed by atoms with E-state index in [1.54, 1.807) is 13.2 Å². The van der Waals surface area contributed by atoms with E-state index in [9.17, 15) is 14.4 Å². The number of hydrogen-bond donors (Lipinski definition) is 0. The van der Waals surface area contributed by atoms with Crippen LogP contribution in [0.3, 0.4) is 0 Å². The molecule has 0 bridgehead atoms. The zero-order valence-electron chi connectivity index (χ0n) is 21.0. The van der Waals surface area contributed by atoms with Crippen LogP contribution in [0.5, 0.6) is 17.2 Å². The van der Waals surface area contributed by atoms with E-state index < -0.39 is 5.97 Å². The van der Waals surface area contributed by atoms with Gasteiger partial charge in [-0.3, -0.25) is 9.59 Å². The first-order valence-corrected chi connectivity index (χ1v) is 12.4. The molecule has 2 aliphatic rings. The molecular formula is C29H32O7. The number of carbonyl (C=O) groups is 3. The smallest absolute Gasteiger partial charge is 0.342 e. The van der Waals surface area contributed by atoms with E-state index in [1.807, 2.05) is 43.3 Å². The molecule has 0 amide bonds. The number of hydrogen-bond acceptors (Lipinski definition) is 7. The quantitative estimate of drug-likeness (QED) is 0.405. The van der Waals surface area contributed by atoms with Gasteiger partial charge in [-0.1, -0.05) is 24.3 Å². The Balaban J connectivity index is 1.84. The van der Waals surface area contributed by atoms with Gasteiger partial charge < -0.3 is 18.9 Å². The highest BCUT2D eigenvalue weighted by Crippen LogP contribution is 2.47. The number of carbonyl (C=O) groups excluding carboxylic acids is 3. The van der Waals surface area contributed by atoms with Gasteiger partial charge in [0.05, 0.1) is 26.7 Å². The number of ketones is 1. The van der Waals surface area contributed by atoms with Gasteiger partial charge in [-0.2, -0.15) is 0 Å². The SMILES string of the molecule is COc1ccc(C2CC(=O)Oc3cc4c(c(OC)c32)C(=O)O[C@@H](C)CCCC(=O)CCC/C=C/4)cc1. The van der Waals surface area contributed by atoms with Crippen LogP contribution in [0.2, 0.25) is 0 Å². The predicted octanol–water partition coefficient (Wildman–Crippen LogP) is 5.63. The summed E-state index contributed by atoms with van der Waals surface area (Å²) >= 11 is 0. The Morgan fingerprint density at radius 3 is 2.44 bits per heavy atom. The molecule has 4 rings (SSSR count). The van der Waals surface area contributed by atoms with E-state index in [0.717, 1.165) is 12.0 Å². The summed E-state index contributed by atoms with van der Waals surface area (Å²) in [6, 6.07) is 9.19. The van der Waals surface area contributed by atoms with E-state index in [0.29, 0.717) is 66.0 Å². The molecule has 2 atom stereocenters. The second-order valence-corrected chi connectivity index (χ2v) is 9.23. The van der Waals surface area contributed by atoms with Crippen molar-refractivity contribution in [3.05, 3.63) is 58.7 Å². The molecule has 2 heterocycles. The van der Waals surface area contributed by atoms with E-state index in [2.05, 4.69) is 0 Å². The van der Waals surface area contributed by atoms with E-state index in [4.69, 9.17) is 18.9 Å². The lowest BCUT2D eigenvalue weighted by molar-refractivity contribution is -0.135. The largest absolute Gasteiger partial charge is 0.497 e. The van der Waals surface area contributed by atoms with Crippen LogP contribution in [-0.4, -0.2) is 38.0 Å². The maximum atomic E-state index is 13.5. The van der Waals surface area contributed by atoms with E-state index >= 15 is 0 Å². The molecule has 2 aromatic rings. The maximum Gasteiger partial charge on any atom is 0.342 e. The molecule has 0 fully saturated rings. The molecule has 36 heavy (non-hydrogen) atoms. The van der Waals surface area contributed by atoms with Gasteiger partial charge in [-0.15, -0.1) is 0 Å². The van der Waals surface area contributed by atoms with Gasteiger partial charge in [-0.05, 0) is 61.9 Å². The van der Waals surface area contributed by atoms with Crippen LogP contribution < -0.4 is 14.2 Å². The van der Waals surface area contributed by atoms with Gasteiger partial charge in [0.25, 0.3) is 0 Å². The lowest BCUT2D eigenvalue weighted by Gasteiger charge is -2.29. The molecule has 0 saturated heterocycles. The Bertz CT molecular complexity index is 1160. The molecule has 0 aliphatic carbocycles. The fraction of sp³-hybridized carbons (Fsp3) is 0.414. The number of fused-ring (bicyclic) bond motifs is 2. The van der Waals surface area contributed by atoms with Crippen molar-refractivity contribution in [2.24, 2.45) is 0 Å². The fourth-order valence-electron chi connectivity index (χ4n) is 4.83. The van der Waals surface area contributed by atoms with E-state index in [-0.39, 0.29) is 30.2 Å². The minimum absolute atomic E-state index is 0.115. The minimum Gasteiger partial charge on any atom is -0.497 e. The van der Waals surface area contributed by atoms with Crippen molar-refractivity contribution in [2.75, 3.05) is 14.2 Å². The molecule has 0 saturated carbocycles. The second kappa shape index (κ2) is 11.4. The van der Waals surface area contributed by atoms with Gasteiger partial charge in [0.1, 0.15) is 28.6 Å². The van der Waals surface area contributed by atoms with Crippen LogP contribution in [0.4, 0.5) is 0 Å². The molecular weight excluding hydrogens is 460 g/mol. The van der Waals surface area contributed by atoms with Crippen molar-refractivity contribution < 1.29 is 33.3 Å². The maximum absolute atomic E-state index is 13.5. The molecule has 0 spiro atoms. The van der Waals surface area contributed by atoms with Crippen molar-refractivity contribution in [2.45, 2.75) is 63.9 Å². The van der Waals surface area contributed by atoms with Crippen LogP contribution in [0, 0.1) is 0 Å². The Hall–Kier alpha value is -3.61. The second-order valence-electron chi connectivity index (χ2n) is 9.23. The number of allylic oxidation sites excluding steroid dienone is 1. The van der Waals surface area contributed by atoms with Crippen LogP contribution in [0.15, 0.2) is 36.4 Å². The van der Waals surface area contributed by atoms with Gasteiger partial charge in [0, 0.05) is 24.3 Å². The van der Waals surface area contributed by atoms with Crippen molar-refractivity contribution >= 4 is 23.8 Å². The lowest BCUT2D eigenvalue weighted by Crippen LogP contribution is -2.24. The van der Waals surface area contributed by atoms with Crippen molar-refractivity contribution in [3.63, 3.8) is 0 Å². The molecule has 0 N–H and O–H groups in total. The highest BCUT2D eigenvalue weighted by atomic mass is 16.5. The van der Waals surface area contributed by atoms with Gasteiger partial charge in [0.2, 0.25) is 0 Å². The van der Waals surface area contributed by atoms with Crippen LogP contribution in [0.25, 0.3) is 6.08 Å². The molecule has 7 heteroatoms. The number of benzene rings is 2. The normalized spacial score (nSPS) is 21.8. The lowest BCUT2D eigenvalue weighted by atomic mass is 9.83. The molecule has 0 radical (unpaired) electrons. The first kappa shape index (κ1) is 25.5. The highest BCUT2D eigenvalue weighted by molar-refractivity contribution is 5.99. The summed E-state index contributed by atoms with van der Waals surface area (Å²) in [7, 11) is 3.11. The van der Waals surface area contributed by atoms with Crippen molar-refractivity contribution in [1.82, 2.24) is 0 Å². The first-order valence-electron chi connectivity index (χ1n) is 12.4. The van der Waals surface area contributed by atoms with E-state index in [1.165, 1.54) is 7.11 Å². The average Bonchev–Trinajstić information content (AvgIpc) is 2.86. The van der Waals surface area contributed by atoms with Crippen LogP contribution in [-0.2, 0) is 14.3 Å². The summed E-state index contributed by atoms with van der Waals surface area (Å²) in [6.45, 7) is 1.83. The summed E-state index contributed by atoms with van der Waals surface area (Å²) in [4.78, 5) is 38.1. The number of Topliss-reactive ketones (excluding diaryl/α,β-unsaturated/α-hetero) is 1. The van der Waals surface area contributed by atoms with Gasteiger partial charge >= 0.3 is 11.9 Å². The molecule has 2 aliphatic heterocycles. The monoisotopic (exact) mass is 492 g/mol. The van der Waals surface area contributed by atoms with Crippen LogP contribution in [0.1, 0.15) is 84.8 Å². The predicted molar refractivity (Wildman–Crippen MR) is 135 cm³/mol. The topological polar surface area (TPSA) is 88.1 Å². The third-order valence-electron chi connectivity index (χ3n) is 6.68. The third kappa shape index (κ3) is 5.61. The molecule has 190 valence electrons. The average molecular weight is 493 g/mol. The number of esters is 2.